The molecule has 0 aliphatic carbocycles. The van der Waals surface area contributed by atoms with Gasteiger partial charge in [-0.05, 0) is 69.8 Å². The van der Waals surface area contributed by atoms with Gasteiger partial charge in [0.05, 0.1) is 11.9 Å². The van der Waals surface area contributed by atoms with Gasteiger partial charge in [0, 0.05) is 28.3 Å². The summed E-state index contributed by atoms with van der Waals surface area (Å²) >= 11 is 0. The van der Waals surface area contributed by atoms with E-state index >= 15 is 0 Å². The van der Waals surface area contributed by atoms with Crippen LogP contribution < -0.4 is 4.90 Å². The maximum Gasteiger partial charge on any atom is 0.159 e. The summed E-state index contributed by atoms with van der Waals surface area (Å²) in [5, 5.41) is 2.13. The highest BCUT2D eigenvalue weighted by atomic mass is 16.3. The van der Waals surface area contributed by atoms with E-state index in [2.05, 4.69) is 149 Å². The van der Waals surface area contributed by atoms with Crippen molar-refractivity contribution in [3.05, 3.63) is 170 Å². The number of pyridine rings is 1. The lowest BCUT2D eigenvalue weighted by Crippen LogP contribution is -2.10. The molecule has 8 rings (SSSR count). The largest absolute Gasteiger partial charge is 0.452 e. The molecule has 0 aliphatic rings. The fourth-order valence-corrected chi connectivity index (χ4v) is 5.99. The molecule has 8 aromatic rings. The van der Waals surface area contributed by atoms with Crippen LogP contribution in [0.3, 0.4) is 0 Å². The van der Waals surface area contributed by atoms with Gasteiger partial charge in [-0.25, -0.2) is 0 Å². The van der Waals surface area contributed by atoms with Gasteiger partial charge in [-0.15, -0.1) is 0 Å². The van der Waals surface area contributed by atoms with E-state index in [0.29, 0.717) is 0 Å². The van der Waals surface area contributed by atoms with E-state index in [1.54, 1.807) is 6.20 Å². The lowest BCUT2D eigenvalue weighted by atomic mass is 9.99. The van der Waals surface area contributed by atoms with Crippen LogP contribution in [0.1, 0.15) is 0 Å². The normalized spacial score (nSPS) is 11.2. The van der Waals surface area contributed by atoms with Gasteiger partial charge in [0.2, 0.25) is 0 Å². The van der Waals surface area contributed by atoms with Crippen LogP contribution in [0.5, 0.6) is 0 Å². The number of aromatic nitrogens is 1. The second-order valence-electron chi connectivity index (χ2n) is 10.9. The average Bonchev–Trinajstić information content (AvgIpc) is 3.49. The summed E-state index contributed by atoms with van der Waals surface area (Å²) in [6, 6.07) is 55.6. The Kier molecular flexibility index (Phi) is 6.47. The molecule has 44 heavy (non-hydrogen) atoms. The molecule has 208 valence electrons. The SMILES string of the molecule is c1ccc(-c2ccc(-c3cccc(N(c4ccc(-c5ccccc5)cc4)c4cccc5c4oc4cnccc45)c3)cc2)cc1. The fourth-order valence-electron chi connectivity index (χ4n) is 5.99. The summed E-state index contributed by atoms with van der Waals surface area (Å²) in [6.07, 6.45) is 3.61. The Hall–Kier alpha value is -5.93. The van der Waals surface area contributed by atoms with Crippen molar-refractivity contribution in [2.45, 2.75) is 0 Å². The summed E-state index contributed by atoms with van der Waals surface area (Å²) in [5.41, 5.74) is 11.8. The van der Waals surface area contributed by atoms with E-state index in [1.807, 2.05) is 24.4 Å². The van der Waals surface area contributed by atoms with E-state index in [0.717, 1.165) is 44.6 Å². The molecule has 0 atom stereocenters. The Bertz CT molecular complexity index is 2200. The van der Waals surface area contributed by atoms with Crippen LogP contribution in [0.25, 0.3) is 55.3 Å². The summed E-state index contributed by atoms with van der Waals surface area (Å²) in [5.74, 6) is 0. The predicted molar refractivity (Wildman–Crippen MR) is 183 cm³/mol. The Morgan fingerprint density at radius 1 is 0.432 bits per heavy atom. The van der Waals surface area contributed by atoms with Crippen molar-refractivity contribution in [3.63, 3.8) is 0 Å². The number of benzene rings is 6. The number of hydrogen-bond donors (Lipinski definition) is 0. The van der Waals surface area contributed by atoms with Gasteiger partial charge >= 0.3 is 0 Å². The highest BCUT2D eigenvalue weighted by Gasteiger charge is 2.20. The van der Waals surface area contributed by atoms with Crippen LogP contribution in [-0.4, -0.2) is 4.98 Å². The zero-order valence-corrected chi connectivity index (χ0v) is 24.0. The number of rotatable bonds is 6. The maximum atomic E-state index is 6.47. The topological polar surface area (TPSA) is 29.3 Å². The minimum Gasteiger partial charge on any atom is -0.452 e. The van der Waals surface area contributed by atoms with E-state index in [9.17, 15) is 0 Å². The molecule has 3 nitrogen and oxygen atoms in total. The van der Waals surface area contributed by atoms with E-state index in [-0.39, 0.29) is 0 Å². The second kappa shape index (κ2) is 11.0. The van der Waals surface area contributed by atoms with Crippen LogP contribution in [0.2, 0.25) is 0 Å². The van der Waals surface area contributed by atoms with Crippen molar-refractivity contribution in [2.24, 2.45) is 0 Å². The van der Waals surface area contributed by atoms with Crippen LogP contribution >= 0.6 is 0 Å². The Balaban J connectivity index is 1.26. The zero-order chi connectivity index (χ0) is 29.3. The van der Waals surface area contributed by atoms with E-state index < -0.39 is 0 Å². The van der Waals surface area contributed by atoms with Gasteiger partial charge in [0.1, 0.15) is 0 Å². The summed E-state index contributed by atoms with van der Waals surface area (Å²) < 4.78 is 6.47. The molecule has 0 fully saturated rings. The summed E-state index contributed by atoms with van der Waals surface area (Å²) in [7, 11) is 0. The molecule has 6 aromatic carbocycles. The van der Waals surface area contributed by atoms with Crippen LogP contribution in [0.4, 0.5) is 17.1 Å². The molecule has 0 unspecified atom stereocenters. The van der Waals surface area contributed by atoms with E-state index in [1.165, 1.54) is 27.8 Å². The first-order chi connectivity index (χ1) is 21.8. The molecule has 2 aromatic heterocycles. The Morgan fingerprint density at radius 3 is 1.68 bits per heavy atom. The third-order valence-electron chi connectivity index (χ3n) is 8.18. The van der Waals surface area contributed by atoms with Crippen molar-refractivity contribution < 1.29 is 4.42 Å². The Labute approximate surface area is 256 Å². The first-order valence-electron chi connectivity index (χ1n) is 14.8. The number of hydrogen-bond acceptors (Lipinski definition) is 3. The first kappa shape index (κ1) is 25.8. The third-order valence-corrected chi connectivity index (χ3v) is 8.18. The molecule has 0 radical (unpaired) electrons. The molecule has 0 bridgehead atoms. The molecule has 3 heteroatoms. The number of fused-ring (bicyclic) bond motifs is 3. The quantitative estimate of drug-likeness (QED) is 0.201. The predicted octanol–water partition coefficient (Wildman–Crippen LogP) is 11.5. The van der Waals surface area contributed by atoms with Gasteiger partial charge in [0.15, 0.2) is 11.2 Å². The zero-order valence-electron chi connectivity index (χ0n) is 24.0. The lowest BCUT2D eigenvalue weighted by Gasteiger charge is -2.26. The summed E-state index contributed by atoms with van der Waals surface area (Å²) in [4.78, 5) is 6.59. The molecular formula is C41H28N2O. The number of anilines is 3. The smallest absolute Gasteiger partial charge is 0.159 e. The molecule has 0 saturated heterocycles. The summed E-state index contributed by atoms with van der Waals surface area (Å²) in [6.45, 7) is 0. The molecule has 0 spiro atoms. The van der Waals surface area contributed by atoms with Crippen molar-refractivity contribution in [2.75, 3.05) is 4.90 Å². The van der Waals surface area contributed by atoms with Crippen molar-refractivity contribution >= 4 is 39.0 Å². The van der Waals surface area contributed by atoms with Crippen LogP contribution in [0.15, 0.2) is 175 Å². The van der Waals surface area contributed by atoms with E-state index in [4.69, 9.17) is 4.42 Å². The molecular weight excluding hydrogens is 536 g/mol. The van der Waals surface area contributed by atoms with Gasteiger partial charge in [-0.1, -0.05) is 121 Å². The monoisotopic (exact) mass is 564 g/mol. The average molecular weight is 565 g/mol. The minimum atomic E-state index is 0.779. The van der Waals surface area contributed by atoms with Crippen molar-refractivity contribution in [3.8, 4) is 33.4 Å². The lowest BCUT2D eigenvalue weighted by molar-refractivity contribution is 0.667. The van der Waals surface area contributed by atoms with Gasteiger partial charge in [-0.3, -0.25) is 4.98 Å². The minimum absolute atomic E-state index is 0.779. The van der Waals surface area contributed by atoms with Crippen LogP contribution in [0, 0.1) is 0 Å². The highest BCUT2D eigenvalue weighted by Crippen LogP contribution is 2.43. The fraction of sp³-hybridized carbons (Fsp3) is 0. The van der Waals surface area contributed by atoms with Crippen LogP contribution in [-0.2, 0) is 0 Å². The standard InChI is InChI=1S/C41H28N2O/c1-3-9-29(10-4-1)31-17-19-33(20-18-31)34-13-7-14-36(27-34)43(35-23-21-32(22-24-35)30-11-5-2-6-12-30)39-16-8-15-38-37-25-26-42-28-40(37)44-41(38)39/h1-28H. The number of para-hydroxylation sites is 1. The molecule has 0 amide bonds. The molecule has 0 aliphatic heterocycles. The number of furan rings is 1. The van der Waals surface area contributed by atoms with Gasteiger partial charge < -0.3 is 9.32 Å². The third kappa shape index (κ3) is 4.71. The molecule has 0 N–H and O–H groups in total. The highest BCUT2D eigenvalue weighted by molar-refractivity contribution is 6.10. The number of nitrogens with zero attached hydrogens (tertiary/aromatic N) is 2. The van der Waals surface area contributed by atoms with Crippen molar-refractivity contribution in [1.29, 1.82) is 0 Å². The maximum absolute atomic E-state index is 6.47. The molecule has 0 saturated carbocycles. The Morgan fingerprint density at radius 2 is 1.00 bits per heavy atom. The molecule has 2 heterocycles. The first-order valence-corrected chi connectivity index (χ1v) is 14.8. The van der Waals surface area contributed by atoms with Gasteiger partial charge in [0.25, 0.3) is 0 Å². The van der Waals surface area contributed by atoms with Crippen molar-refractivity contribution in [1.82, 2.24) is 4.98 Å². The van der Waals surface area contributed by atoms with Gasteiger partial charge in [-0.2, -0.15) is 0 Å². The second-order valence-corrected chi connectivity index (χ2v) is 10.9.